The van der Waals surface area contributed by atoms with E-state index in [-0.39, 0.29) is 4.99 Å². The molecule has 3 rings (SSSR count). The van der Waals surface area contributed by atoms with Gasteiger partial charge < -0.3 is 0 Å². The summed E-state index contributed by atoms with van der Waals surface area (Å²) in [5.41, 5.74) is 1.15. The number of benzene rings is 3. The van der Waals surface area contributed by atoms with Gasteiger partial charge in [-0.15, -0.1) is 0 Å². The number of hydrogen-bond donors (Lipinski definition) is 2. The molecule has 118 valence electrons. The lowest BCUT2D eigenvalue weighted by molar-refractivity contribution is 0.0967. The smallest absolute Gasteiger partial charge is 0.298 e. The number of thiocarbonyl (C=S) groups is 1. The van der Waals surface area contributed by atoms with Crippen molar-refractivity contribution in [3.63, 3.8) is 0 Å². The van der Waals surface area contributed by atoms with E-state index < -0.39 is 11.9 Å². The van der Waals surface area contributed by atoms with Crippen molar-refractivity contribution >= 4 is 39.9 Å². The maximum absolute atomic E-state index is 12.4. The molecule has 4 nitrogen and oxygen atoms in total. The molecule has 0 atom stereocenters. The molecular formula is C19H14N2O2S. The van der Waals surface area contributed by atoms with Crippen LogP contribution in [0.1, 0.15) is 15.9 Å². The molecule has 0 radical (unpaired) electrons. The van der Waals surface area contributed by atoms with Crippen LogP contribution in [0.25, 0.3) is 10.8 Å². The predicted octanol–water partition coefficient (Wildman–Crippen LogP) is 3.65. The summed E-state index contributed by atoms with van der Waals surface area (Å²) in [6, 6.07) is 21.3. The zero-order valence-corrected chi connectivity index (χ0v) is 13.5. The van der Waals surface area contributed by atoms with Crippen LogP contribution in [0.4, 0.5) is 4.79 Å². The van der Waals surface area contributed by atoms with E-state index in [1.54, 1.807) is 24.3 Å². The van der Waals surface area contributed by atoms with E-state index in [0.29, 0.717) is 11.1 Å². The van der Waals surface area contributed by atoms with Gasteiger partial charge in [-0.2, -0.15) is 0 Å². The third-order valence-electron chi connectivity index (χ3n) is 3.52. The molecule has 0 aliphatic heterocycles. The molecular weight excluding hydrogens is 320 g/mol. The van der Waals surface area contributed by atoms with Gasteiger partial charge in [0.1, 0.15) is 4.99 Å². The Balaban J connectivity index is 1.72. The lowest BCUT2D eigenvalue weighted by Crippen LogP contribution is -2.42. The van der Waals surface area contributed by atoms with Gasteiger partial charge in [0.25, 0.3) is 5.91 Å². The Morgan fingerprint density at radius 3 is 2.21 bits per heavy atom. The molecule has 3 aromatic rings. The van der Waals surface area contributed by atoms with Gasteiger partial charge in [0, 0.05) is 11.1 Å². The van der Waals surface area contributed by atoms with Crippen molar-refractivity contribution in [3.05, 3.63) is 83.9 Å². The first-order valence-corrected chi connectivity index (χ1v) is 7.75. The highest BCUT2D eigenvalue weighted by molar-refractivity contribution is 7.80. The molecule has 3 amide bonds. The maximum Gasteiger partial charge on any atom is 0.326 e. The minimum Gasteiger partial charge on any atom is -0.298 e. The number of hydrogen-bond acceptors (Lipinski definition) is 3. The molecule has 2 N–H and O–H groups in total. The fraction of sp³-hybridized carbons (Fsp3) is 0. The Morgan fingerprint density at radius 1 is 0.750 bits per heavy atom. The molecule has 3 aromatic carbocycles. The minimum absolute atomic E-state index is 0.263. The highest BCUT2D eigenvalue weighted by Gasteiger charge is 2.14. The Kier molecular flexibility index (Phi) is 4.63. The van der Waals surface area contributed by atoms with Gasteiger partial charge in [-0.3, -0.25) is 15.4 Å². The van der Waals surface area contributed by atoms with Crippen LogP contribution < -0.4 is 10.6 Å². The van der Waals surface area contributed by atoms with Crippen LogP contribution in [-0.2, 0) is 0 Å². The Bertz CT molecular complexity index is 918. The zero-order valence-electron chi connectivity index (χ0n) is 12.7. The highest BCUT2D eigenvalue weighted by Crippen LogP contribution is 2.18. The summed E-state index contributed by atoms with van der Waals surface area (Å²) in [6.45, 7) is 0. The van der Waals surface area contributed by atoms with Crippen LogP contribution in [0.2, 0.25) is 0 Å². The van der Waals surface area contributed by atoms with E-state index in [2.05, 4.69) is 10.6 Å². The maximum atomic E-state index is 12.4. The molecule has 0 aliphatic rings. The molecule has 0 saturated heterocycles. The third kappa shape index (κ3) is 3.47. The molecule has 0 saturated carbocycles. The molecule has 0 fully saturated rings. The van der Waals surface area contributed by atoms with Crippen molar-refractivity contribution in [2.75, 3.05) is 0 Å². The summed E-state index contributed by atoms with van der Waals surface area (Å²) >= 11 is 5.16. The van der Waals surface area contributed by atoms with Gasteiger partial charge in [-0.05, 0) is 16.8 Å². The van der Waals surface area contributed by atoms with E-state index in [1.165, 1.54) is 0 Å². The van der Waals surface area contributed by atoms with Gasteiger partial charge in [0.2, 0.25) is 0 Å². The summed E-state index contributed by atoms with van der Waals surface area (Å²) in [7, 11) is 0. The Hall–Kier alpha value is -3.05. The molecule has 0 unspecified atom stereocenters. The van der Waals surface area contributed by atoms with Gasteiger partial charge in [-0.1, -0.05) is 78.9 Å². The first-order chi connectivity index (χ1) is 11.6. The van der Waals surface area contributed by atoms with Crippen molar-refractivity contribution in [3.8, 4) is 0 Å². The average molecular weight is 334 g/mol. The molecule has 0 aromatic heterocycles. The van der Waals surface area contributed by atoms with Crippen LogP contribution in [0, 0.1) is 0 Å². The first kappa shape index (κ1) is 15.8. The van der Waals surface area contributed by atoms with Gasteiger partial charge in [0.05, 0.1) is 0 Å². The lowest BCUT2D eigenvalue weighted by atomic mass is 10.0. The number of imide groups is 1. The van der Waals surface area contributed by atoms with Gasteiger partial charge in [-0.25, -0.2) is 4.79 Å². The van der Waals surface area contributed by atoms with E-state index in [0.717, 1.165) is 10.8 Å². The van der Waals surface area contributed by atoms with E-state index in [9.17, 15) is 9.59 Å². The highest BCUT2D eigenvalue weighted by atomic mass is 32.1. The normalized spacial score (nSPS) is 10.2. The summed E-state index contributed by atoms with van der Waals surface area (Å²) in [4.78, 5) is 24.7. The molecule has 5 heteroatoms. The number of carbonyl (C=O) groups excluding carboxylic acids is 2. The van der Waals surface area contributed by atoms with Crippen LogP contribution in [0.5, 0.6) is 0 Å². The quantitative estimate of drug-likeness (QED) is 0.703. The second-order valence-corrected chi connectivity index (χ2v) is 5.54. The minimum atomic E-state index is -0.651. The topological polar surface area (TPSA) is 58.2 Å². The second kappa shape index (κ2) is 7.02. The standard InChI is InChI=1S/C19H14N2O2S/c22-17(16-12-6-10-13-7-4-5-11-15(13)16)20-19(23)21-18(24)14-8-2-1-3-9-14/h1-12H,(H2,20,21,22,23,24). The van der Waals surface area contributed by atoms with E-state index in [1.807, 2.05) is 48.5 Å². The van der Waals surface area contributed by atoms with Crippen molar-refractivity contribution in [2.45, 2.75) is 0 Å². The van der Waals surface area contributed by atoms with E-state index in [4.69, 9.17) is 12.2 Å². The molecule has 0 heterocycles. The SMILES string of the molecule is O=C(NC(=O)c1cccc2ccccc12)NC(=S)c1ccccc1. The number of nitrogens with one attached hydrogen (secondary N) is 2. The summed E-state index contributed by atoms with van der Waals surface area (Å²) < 4.78 is 0. The van der Waals surface area contributed by atoms with Crippen molar-refractivity contribution in [1.82, 2.24) is 10.6 Å². The fourth-order valence-corrected chi connectivity index (χ4v) is 2.62. The van der Waals surface area contributed by atoms with Crippen LogP contribution in [-0.4, -0.2) is 16.9 Å². The van der Waals surface area contributed by atoms with Gasteiger partial charge in [0.15, 0.2) is 0 Å². The van der Waals surface area contributed by atoms with E-state index >= 15 is 0 Å². The fourth-order valence-electron chi connectivity index (χ4n) is 2.39. The summed E-state index contributed by atoms with van der Waals surface area (Å²) in [5.74, 6) is -0.472. The number of rotatable bonds is 2. The Labute approximate surface area is 144 Å². The monoisotopic (exact) mass is 334 g/mol. The number of amides is 3. The van der Waals surface area contributed by atoms with Crippen molar-refractivity contribution in [2.24, 2.45) is 0 Å². The molecule has 0 bridgehead atoms. The van der Waals surface area contributed by atoms with Crippen molar-refractivity contribution in [1.29, 1.82) is 0 Å². The zero-order chi connectivity index (χ0) is 16.9. The summed E-state index contributed by atoms with van der Waals surface area (Å²) in [6.07, 6.45) is 0. The predicted molar refractivity (Wildman–Crippen MR) is 98.1 cm³/mol. The molecule has 24 heavy (non-hydrogen) atoms. The largest absolute Gasteiger partial charge is 0.326 e. The number of fused-ring (bicyclic) bond motifs is 1. The Morgan fingerprint density at radius 2 is 1.42 bits per heavy atom. The van der Waals surface area contributed by atoms with Crippen LogP contribution >= 0.6 is 12.2 Å². The first-order valence-electron chi connectivity index (χ1n) is 7.34. The van der Waals surface area contributed by atoms with Gasteiger partial charge >= 0.3 is 6.03 Å². The summed E-state index contributed by atoms with van der Waals surface area (Å²) in [5, 5.41) is 6.54. The third-order valence-corrected chi connectivity index (χ3v) is 3.86. The number of carbonyl (C=O) groups is 2. The molecule has 0 spiro atoms. The number of urea groups is 1. The lowest BCUT2D eigenvalue weighted by Gasteiger charge is -2.09. The molecule has 0 aliphatic carbocycles. The van der Waals surface area contributed by atoms with Crippen LogP contribution in [0.3, 0.4) is 0 Å². The van der Waals surface area contributed by atoms with Crippen molar-refractivity contribution < 1.29 is 9.59 Å². The second-order valence-electron chi connectivity index (χ2n) is 5.13. The van der Waals surface area contributed by atoms with Crippen LogP contribution in [0.15, 0.2) is 72.8 Å². The average Bonchev–Trinajstić information content (AvgIpc) is 2.61.